The van der Waals surface area contributed by atoms with Gasteiger partial charge >= 0.3 is 0 Å². The summed E-state index contributed by atoms with van der Waals surface area (Å²) in [7, 11) is 0. The Morgan fingerprint density at radius 1 is 1.35 bits per heavy atom. The first-order valence-corrected chi connectivity index (χ1v) is 5.16. The summed E-state index contributed by atoms with van der Waals surface area (Å²) in [6.07, 6.45) is 0. The van der Waals surface area contributed by atoms with Crippen LogP contribution in [0.5, 0.6) is 0 Å². The fraction of sp³-hybridized carbons (Fsp3) is 0.182. The Labute approximate surface area is 98.7 Å². The summed E-state index contributed by atoms with van der Waals surface area (Å²) >= 11 is 0. The number of aromatic amines is 1. The van der Waals surface area contributed by atoms with Crippen LogP contribution in [0, 0.1) is 0 Å². The van der Waals surface area contributed by atoms with Crippen LogP contribution < -0.4 is 5.32 Å². The first-order valence-electron chi connectivity index (χ1n) is 5.16. The fourth-order valence-electron chi connectivity index (χ4n) is 1.23. The molecular weight excluding hydrogens is 218 g/mol. The van der Waals surface area contributed by atoms with E-state index in [2.05, 4.69) is 32.5 Å². The molecule has 1 aromatic heterocycles. The van der Waals surface area contributed by atoms with Gasteiger partial charge in [-0.1, -0.05) is 35.5 Å². The molecule has 0 fully saturated rings. The average Bonchev–Trinajstić information content (AvgIpc) is 2.88. The van der Waals surface area contributed by atoms with Gasteiger partial charge in [-0.25, -0.2) is 0 Å². The lowest BCUT2D eigenvalue weighted by molar-refractivity contribution is 0.178. The van der Waals surface area contributed by atoms with Gasteiger partial charge in [-0.05, 0) is 12.1 Å². The van der Waals surface area contributed by atoms with Crippen LogP contribution in [0.4, 0.5) is 0 Å². The van der Waals surface area contributed by atoms with E-state index in [1.807, 2.05) is 30.3 Å². The largest absolute Gasteiger partial charge is 0.475 e. The van der Waals surface area contributed by atoms with Crippen molar-refractivity contribution in [2.75, 3.05) is 0 Å². The average molecular weight is 231 g/mol. The predicted molar refractivity (Wildman–Crippen MR) is 61.4 cm³/mol. The number of nitrogens with one attached hydrogen (secondary N) is 2. The summed E-state index contributed by atoms with van der Waals surface area (Å²) in [6.45, 7) is 4.67. The third-order valence-electron chi connectivity index (χ3n) is 2.09. The molecule has 1 heterocycles. The van der Waals surface area contributed by atoms with Crippen molar-refractivity contribution in [3.8, 4) is 0 Å². The summed E-state index contributed by atoms with van der Waals surface area (Å²) in [6, 6.07) is 9.88. The zero-order chi connectivity index (χ0) is 11.9. The van der Waals surface area contributed by atoms with Gasteiger partial charge < -0.3 is 10.1 Å². The highest BCUT2D eigenvalue weighted by molar-refractivity contribution is 5.13. The molecule has 0 radical (unpaired) electrons. The van der Waals surface area contributed by atoms with Gasteiger partial charge in [0, 0.05) is 0 Å². The van der Waals surface area contributed by atoms with Crippen molar-refractivity contribution >= 4 is 0 Å². The maximum Gasteiger partial charge on any atom is 0.193 e. The third-order valence-corrected chi connectivity index (χ3v) is 2.09. The van der Waals surface area contributed by atoms with Crippen molar-refractivity contribution in [3.63, 3.8) is 0 Å². The smallest absolute Gasteiger partial charge is 0.193 e. The number of tetrazole rings is 1. The predicted octanol–water partition coefficient (Wildman–Crippen LogP) is 0.977. The molecule has 17 heavy (non-hydrogen) atoms. The van der Waals surface area contributed by atoms with Gasteiger partial charge in [-0.15, -0.1) is 10.2 Å². The second kappa shape index (κ2) is 5.64. The van der Waals surface area contributed by atoms with Gasteiger partial charge in [-0.2, -0.15) is 5.21 Å². The number of ether oxygens (including phenoxy) is 1. The molecule has 6 heteroatoms. The van der Waals surface area contributed by atoms with Gasteiger partial charge in [0.05, 0.1) is 6.54 Å². The van der Waals surface area contributed by atoms with Crippen LogP contribution in [0.25, 0.3) is 0 Å². The van der Waals surface area contributed by atoms with Crippen molar-refractivity contribution in [2.45, 2.75) is 13.2 Å². The Morgan fingerprint density at radius 2 is 2.18 bits per heavy atom. The van der Waals surface area contributed by atoms with Crippen LogP contribution in [-0.4, -0.2) is 20.6 Å². The Bertz CT molecular complexity index is 454. The first-order chi connectivity index (χ1) is 8.34. The van der Waals surface area contributed by atoms with Crippen LogP contribution in [-0.2, 0) is 17.9 Å². The molecule has 0 aliphatic rings. The molecule has 6 nitrogen and oxygen atoms in total. The molecule has 0 unspecified atom stereocenters. The first kappa shape index (κ1) is 11.1. The molecule has 0 saturated heterocycles. The van der Waals surface area contributed by atoms with Crippen molar-refractivity contribution < 1.29 is 4.74 Å². The van der Waals surface area contributed by atoms with Crippen LogP contribution in [0.15, 0.2) is 42.8 Å². The van der Waals surface area contributed by atoms with Gasteiger partial charge in [0.2, 0.25) is 0 Å². The SMILES string of the molecule is C=C(NCc1nn[nH]n1)OCc1ccccc1. The number of H-pyrrole nitrogens is 1. The Hall–Kier alpha value is -2.37. The second-order valence-electron chi connectivity index (χ2n) is 3.38. The number of rotatable bonds is 6. The van der Waals surface area contributed by atoms with E-state index in [0.717, 1.165) is 5.56 Å². The number of nitrogens with zero attached hydrogens (tertiary/aromatic N) is 3. The normalized spacial score (nSPS) is 9.88. The number of benzene rings is 1. The third kappa shape index (κ3) is 3.60. The number of hydrogen-bond acceptors (Lipinski definition) is 5. The lowest BCUT2D eigenvalue weighted by atomic mass is 10.2. The fourth-order valence-corrected chi connectivity index (χ4v) is 1.23. The van der Waals surface area contributed by atoms with E-state index in [4.69, 9.17) is 4.74 Å². The van der Waals surface area contributed by atoms with E-state index < -0.39 is 0 Å². The van der Waals surface area contributed by atoms with Crippen molar-refractivity contribution in [3.05, 3.63) is 54.2 Å². The molecule has 2 rings (SSSR count). The molecule has 0 spiro atoms. The molecular formula is C11H13N5O. The van der Waals surface area contributed by atoms with Crippen LogP contribution >= 0.6 is 0 Å². The Morgan fingerprint density at radius 3 is 2.88 bits per heavy atom. The quantitative estimate of drug-likeness (QED) is 0.725. The molecule has 0 amide bonds. The lowest BCUT2D eigenvalue weighted by Crippen LogP contribution is -2.15. The van der Waals surface area contributed by atoms with E-state index in [9.17, 15) is 0 Å². The molecule has 2 N–H and O–H groups in total. The molecule has 1 aromatic carbocycles. The topological polar surface area (TPSA) is 75.7 Å². The highest BCUT2D eigenvalue weighted by Gasteiger charge is 1.99. The molecule has 0 atom stereocenters. The van der Waals surface area contributed by atoms with E-state index >= 15 is 0 Å². The van der Waals surface area contributed by atoms with Crippen LogP contribution in [0.2, 0.25) is 0 Å². The minimum absolute atomic E-state index is 0.435. The van der Waals surface area contributed by atoms with Gasteiger partial charge in [0.25, 0.3) is 0 Å². The highest BCUT2D eigenvalue weighted by atomic mass is 16.5. The van der Waals surface area contributed by atoms with E-state index in [1.54, 1.807) is 0 Å². The molecule has 0 aliphatic heterocycles. The lowest BCUT2D eigenvalue weighted by Gasteiger charge is -2.09. The van der Waals surface area contributed by atoms with Crippen LogP contribution in [0.3, 0.4) is 0 Å². The minimum atomic E-state index is 0.435. The highest BCUT2D eigenvalue weighted by Crippen LogP contribution is 2.03. The van der Waals surface area contributed by atoms with Crippen LogP contribution in [0.1, 0.15) is 11.4 Å². The zero-order valence-corrected chi connectivity index (χ0v) is 9.26. The van der Waals surface area contributed by atoms with Gasteiger partial charge in [0.15, 0.2) is 11.7 Å². The molecule has 2 aromatic rings. The van der Waals surface area contributed by atoms with Gasteiger partial charge in [-0.3, -0.25) is 0 Å². The molecule has 0 saturated carbocycles. The van der Waals surface area contributed by atoms with E-state index in [1.165, 1.54) is 0 Å². The monoisotopic (exact) mass is 231 g/mol. The Balaban J connectivity index is 1.71. The summed E-state index contributed by atoms with van der Waals surface area (Å²) in [5, 5.41) is 16.4. The minimum Gasteiger partial charge on any atom is -0.475 e. The standard InChI is InChI=1S/C11H13N5O/c1-9(12-7-11-13-15-16-14-11)17-8-10-5-3-2-4-6-10/h2-6,12H,1,7-8H2,(H,13,14,15,16). The maximum atomic E-state index is 5.43. The second-order valence-corrected chi connectivity index (χ2v) is 3.38. The van der Waals surface area contributed by atoms with E-state index in [-0.39, 0.29) is 0 Å². The van der Waals surface area contributed by atoms with Crippen molar-refractivity contribution in [1.82, 2.24) is 25.9 Å². The summed E-state index contributed by atoms with van der Waals surface area (Å²) in [4.78, 5) is 0. The van der Waals surface area contributed by atoms with Crippen molar-refractivity contribution in [1.29, 1.82) is 0 Å². The molecule has 0 bridgehead atoms. The summed E-state index contributed by atoms with van der Waals surface area (Å²) in [5.74, 6) is 1.05. The molecule has 0 aliphatic carbocycles. The van der Waals surface area contributed by atoms with Crippen molar-refractivity contribution in [2.24, 2.45) is 0 Å². The summed E-state index contributed by atoms with van der Waals surface area (Å²) < 4.78 is 5.43. The van der Waals surface area contributed by atoms with E-state index in [0.29, 0.717) is 24.9 Å². The zero-order valence-electron chi connectivity index (χ0n) is 9.26. The summed E-state index contributed by atoms with van der Waals surface area (Å²) in [5.41, 5.74) is 1.09. The number of hydrogen-bond donors (Lipinski definition) is 2. The van der Waals surface area contributed by atoms with Gasteiger partial charge in [0.1, 0.15) is 6.61 Å². The Kier molecular flexibility index (Phi) is 3.69. The number of aromatic nitrogens is 4. The maximum absolute atomic E-state index is 5.43. The molecule has 88 valence electrons.